The van der Waals surface area contributed by atoms with E-state index in [0.717, 1.165) is 0 Å². The van der Waals surface area contributed by atoms with Crippen LogP contribution in [0.1, 0.15) is 17.7 Å². The van der Waals surface area contributed by atoms with Gasteiger partial charge >= 0.3 is 5.69 Å². The Hall–Kier alpha value is -3.43. The topological polar surface area (TPSA) is 150 Å². The van der Waals surface area contributed by atoms with Crippen molar-refractivity contribution in [2.75, 3.05) is 7.11 Å². The summed E-state index contributed by atoms with van der Waals surface area (Å²) in [6.45, 7) is 0. The number of benzene rings is 1. The zero-order chi connectivity index (χ0) is 17.5. The van der Waals surface area contributed by atoms with Gasteiger partial charge in [-0.2, -0.15) is 10.2 Å². The SMILES string of the molecule is COc1cccc(/C=N/NC(=O)CCc2n[nH]c(=O)[nH]c2=O)c1O. The molecule has 4 N–H and O–H groups in total. The molecule has 2 rings (SSSR count). The van der Waals surface area contributed by atoms with Gasteiger partial charge in [-0.3, -0.25) is 14.6 Å². The quantitative estimate of drug-likeness (QED) is 0.404. The Morgan fingerprint density at radius 1 is 1.46 bits per heavy atom. The molecule has 126 valence electrons. The maximum absolute atomic E-state index is 11.7. The number of H-pyrrole nitrogens is 2. The Morgan fingerprint density at radius 2 is 2.25 bits per heavy atom. The maximum Gasteiger partial charge on any atom is 0.342 e. The van der Waals surface area contributed by atoms with Gasteiger partial charge in [0.25, 0.3) is 5.56 Å². The molecule has 0 spiro atoms. The first-order chi connectivity index (χ1) is 11.5. The minimum absolute atomic E-state index is 0.0396. The van der Waals surface area contributed by atoms with E-state index in [-0.39, 0.29) is 30.0 Å². The van der Waals surface area contributed by atoms with E-state index in [0.29, 0.717) is 5.56 Å². The lowest BCUT2D eigenvalue weighted by molar-refractivity contribution is -0.121. The summed E-state index contributed by atoms with van der Waals surface area (Å²) in [5.41, 5.74) is 1.32. The summed E-state index contributed by atoms with van der Waals surface area (Å²) in [5, 5.41) is 19.2. The second-order valence-corrected chi connectivity index (χ2v) is 4.64. The molecular formula is C14H15N5O5. The number of hydrogen-bond acceptors (Lipinski definition) is 7. The first kappa shape index (κ1) is 16.9. The highest BCUT2D eigenvalue weighted by molar-refractivity contribution is 5.86. The minimum Gasteiger partial charge on any atom is -0.504 e. The summed E-state index contributed by atoms with van der Waals surface area (Å²) in [4.78, 5) is 35.9. The van der Waals surface area contributed by atoms with Crippen LogP contribution in [0.4, 0.5) is 0 Å². The van der Waals surface area contributed by atoms with Gasteiger partial charge in [0.1, 0.15) is 5.69 Å². The second kappa shape index (κ2) is 7.72. The molecule has 24 heavy (non-hydrogen) atoms. The van der Waals surface area contributed by atoms with Gasteiger partial charge in [0.2, 0.25) is 5.91 Å². The standard InChI is InChI=1S/C14H15N5O5/c1-24-10-4-2-3-8(12(10)21)7-15-18-11(20)6-5-9-13(22)16-14(23)19-17-9/h2-4,7,21H,5-6H2,1H3,(H,18,20)(H2,16,19,22,23)/b15-7+. The molecule has 10 heteroatoms. The van der Waals surface area contributed by atoms with Crippen LogP contribution in [0, 0.1) is 0 Å². The molecule has 1 amide bonds. The molecule has 0 aliphatic carbocycles. The van der Waals surface area contributed by atoms with Crippen LogP contribution >= 0.6 is 0 Å². The molecule has 0 radical (unpaired) electrons. The Bertz CT molecular complexity index is 870. The number of ether oxygens (including phenoxy) is 1. The van der Waals surface area contributed by atoms with Crippen molar-refractivity contribution in [1.82, 2.24) is 20.6 Å². The van der Waals surface area contributed by atoms with Crippen LogP contribution in [-0.2, 0) is 11.2 Å². The van der Waals surface area contributed by atoms with Crippen LogP contribution in [0.25, 0.3) is 0 Å². The number of aryl methyl sites for hydroxylation is 1. The smallest absolute Gasteiger partial charge is 0.342 e. The number of hydrazone groups is 1. The van der Waals surface area contributed by atoms with Crippen molar-refractivity contribution in [2.45, 2.75) is 12.8 Å². The number of methoxy groups -OCH3 is 1. The summed E-state index contributed by atoms with van der Waals surface area (Å²) in [6, 6.07) is 4.84. The lowest BCUT2D eigenvalue weighted by Crippen LogP contribution is -2.28. The summed E-state index contributed by atoms with van der Waals surface area (Å²) in [6.07, 6.45) is 1.25. The summed E-state index contributed by atoms with van der Waals surface area (Å²) < 4.78 is 4.96. The molecule has 0 saturated heterocycles. The lowest BCUT2D eigenvalue weighted by Gasteiger charge is -2.04. The number of aromatic nitrogens is 3. The third kappa shape index (κ3) is 4.29. The first-order valence-corrected chi connectivity index (χ1v) is 6.87. The predicted molar refractivity (Wildman–Crippen MR) is 84.2 cm³/mol. The largest absolute Gasteiger partial charge is 0.504 e. The van der Waals surface area contributed by atoms with Crippen molar-refractivity contribution in [3.8, 4) is 11.5 Å². The molecule has 0 bridgehead atoms. The summed E-state index contributed by atoms with van der Waals surface area (Å²) >= 11 is 0. The van der Waals surface area contributed by atoms with Crippen molar-refractivity contribution >= 4 is 12.1 Å². The number of nitrogens with one attached hydrogen (secondary N) is 3. The highest BCUT2D eigenvalue weighted by atomic mass is 16.5. The van der Waals surface area contributed by atoms with Gasteiger partial charge in [-0.1, -0.05) is 6.07 Å². The maximum atomic E-state index is 11.7. The number of phenolic OH excluding ortho intramolecular Hbond substituents is 1. The molecule has 1 aromatic heterocycles. The van der Waals surface area contributed by atoms with Crippen molar-refractivity contribution in [3.63, 3.8) is 0 Å². The average molecular weight is 333 g/mol. The van der Waals surface area contributed by atoms with Crippen LogP contribution < -0.4 is 21.4 Å². The molecule has 0 unspecified atom stereocenters. The van der Waals surface area contributed by atoms with E-state index in [4.69, 9.17) is 4.74 Å². The third-order valence-corrected chi connectivity index (χ3v) is 3.01. The third-order valence-electron chi connectivity index (χ3n) is 3.01. The van der Waals surface area contributed by atoms with Crippen LogP contribution in [0.5, 0.6) is 11.5 Å². The van der Waals surface area contributed by atoms with Crippen molar-refractivity contribution in [1.29, 1.82) is 0 Å². The second-order valence-electron chi connectivity index (χ2n) is 4.64. The number of nitrogens with zero attached hydrogens (tertiary/aromatic N) is 2. The number of amides is 1. The van der Waals surface area contributed by atoms with Crippen molar-refractivity contribution in [3.05, 3.63) is 50.3 Å². The number of phenols is 1. The molecule has 0 atom stereocenters. The summed E-state index contributed by atoms with van der Waals surface area (Å²) in [7, 11) is 1.42. The van der Waals surface area contributed by atoms with Gasteiger partial charge < -0.3 is 9.84 Å². The molecule has 1 heterocycles. The summed E-state index contributed by atoms with van der Waals surface area (Å²) in [5.74, 6) is -0.267. The number of carbonyl (C=O) groups excluding carboxylic acids is 1. The fraction of sp³-hybridized carbons (Fsp3) is 0.214. The Morgan fingerprint density at radius 3 is 2.96 bits per heavy atom. The van der Waals surface area contributed by atoms with Gasteiger partial charge in [0.15, 0.2) is 11.5 Å². The number of para-hydroxylation sites is 1. The number of aromatic hydroxyl groups is 1. The minimum atomic E-state index is -0.712. The van der Waals surface area contributed by atoms with Gasteiger partial charge in [-0.25, -0.2) is 15.3 Å². The fourth-order valence-corrected chi connectivity index (χ4v) is 1.81. The Kier molecular flexibility index (Phi) is 5.45. The monoisotopic (exact) mass is 333 g/mol. The number of rotatable bonds is 6. The van der Waals surface area contributed by atoms with Crippen LogP contribution in [0.15, 0.2) is 32.9 Å². The zero-order valence-corrected chi connectivity index (χ0v) is 12.7. The van der Waals surface area contributed by atoms with Crippen molar-refractivity contribution in [2.24, 2.45) is 5.10 Å². The molecule has 10 nitrogen and oxygen atoms in total. The number of aromatic amines is 2. The highest BCUT2D eigenvalue weighted by Crippen LogP contribution is 2.27. The molecule has 2 aromatic rings. The van der Waals surface area contributed by atoms with Gasteiger partial charge in [0, 0.05) is 18.4 Å². The van der Waals surface area contributed by atoms with Crippen molar-refractivity contribution < 1.29 is 14.6 Å². The van der Waals surface area contributed by atoms with E-state index in [2.05, 4.69) is 20.7 Å². The molecule has 0 saturated carbocycles. The van der Waals surface area contributed by atoms with E-state index in [1.165, 1.54) is 13.3 Å². The zero-order valence-electron chi connectivity index (χ0n) is 12.7. The normalized spacial score (nSPS) is 10.7. The fourth-order valence-electron chi connectivity index (χ4n) is 1.81. The lowest BCUT2D eigenvalue weighted by atomic mass is 10.2. The highest BCUT2D eigenvalue weighted by Gasteiger charge is 2.07. The molecule has 0 aliphatic heterocycles. The van der Waals surface area contributed by atoms with Gasteiger partial charge in [-0.05, 0) is 12.1 Å². The predicted octanol–water partition coefficient (Wildman–Crippen LogP) is -0.745. The Balaban J connectivity index is 1.91. The molecule has 0 aliphatic rings. The molecular weight excluding hydrogens is 318 g/mol. The Labute approximate surface area is 135 Å². The van der Waals surface area contributed by atoms with Gasteiger partial charge in [0.05, 0.1) is 13.3 Å². The molecule has 0 fully saturated rings. The van der Waals surface area contributed by atoms with Gasteiger partial charge in [-0.15, -0.1) is 0 Å². The van der Waals surface area contributed by atoms with E-state index in [1.54, 1.807) is 18.2 Å². The average Bonchev–Trinajstić information content (AvgIpc) is 2.55. The van der Waals surface area contributed by atoms with Crippen LogP contribution in [0.2, 0.25) is 0 Å². The van der Waals surface area contributed by atoms with E-state index >= 15 is 0 Å². The van der Waals surface area contributed by atoms with Crippen LogP contribution in [0.3, 0.4) is 0 Å². The van der Waals surface area contributed by atoms with E-state index in [9.17, 15) is 19.5 Å². The number of carbonyl (C=O) groups is 1. The number of hydrogen-bond donors (Lipinski definition) is 4. The first-order valence-electron chi connectivity index (χ1n) is 6.87. The van der Waals surface area contributed by atoms with Crippen LogP contribution in [-0.4, -0.2) is 39.5 Å². The van der Waals surface area contributed by atoms with E-state index in [1.807, 2.05) is 4.98 Å². The molecule has 1 aromatic carbocycles. The van der Waals surface area contributed by atoms with E-state index < -0.39 is 17.2 Å².